The molecule has 0 amide bonds. The fourth-order valence-electron chi connectivity index (χ4n) is 3.11. The Bertz CT molecular complexity index is 1440. The molecule has 4 aromatic rings. The van der Waals surface area contributed by atoms with Crippen LogP contribution in [0.15, 0.2) is 103 Å². The lowest BCUT2D eigenvalue weighted by atomic mass is 10.2. The molecule has 0 spiro atoms. The number of para-hydroxylation sites is 1. The average molecular weight is 557 g/mol. The van der Waals surface area contributed by atoms with Gasteiger partial charge in [0.25, 0.3) is 10.0 Å². The van der Waals surface area contributed by atoms with Crippen LogP contribution < -0.4 is 10.6 Å². The molecule has 1 unspecified atom stereocenters. The van der Waals surface area contributed by atoms with E-state index in [0.29, 0.717) is 17.3 Å². The van der Waals surface area contributed by atoms with Crippen molar-refractivity contribution in [2.24, 2.45) is 3.77 Å². The van der Waals surface area contributed by atoms with E-state index in [2.05, 4.69) is 40.3 Å². The van der Waals surface area contributed by atoms with Gasteiger partial charge in [-0.15, -0.1) is 3.77 Å². The maximum Gasteiger partial charge on any atom is 0.288 e. The third-order valence-electron chi connectivity index (χ3n) is 4.81. The lowest BCUT2D eigenvalue weighted by molar-refractivity contribution is 0.598. The molecule has 1 aromatic heterocycles. The highest BCUT2D eigenvalue weighted by molar-refractivity contribution is 9.10. The van der Waals surface area contributed by atoms with Crippen LogP contribution in [0.3, 0.4) is 0 Å². The fraction of sp³-hybridized carbons (Fsp3) is 0.0833. The molecule has 0 aliphatic carbocycles. The molecule has 0 radical (unpaired) electrons. The summed E-state index contributed by atoms with van der Waals surface area (Å²) in [4.78, 5) is 9.90. The third kappa shape index (κ3) is 5.88. The second-order valence-corrected chi connectivity index (χ2v) is 11.6. The number of halogens is 1. The molecule has 34 heavy (non-hydrogen) atoms. The molecule has 3 aromatic carbocycles. The van der Waals surface area contributed by atoms with Crippen LogP contribution in [0.1, 0.15) is 5.56 Å². The maximum absolute atomic E-state index is 12.7. The normalized spacial score (nSPS) is 12.3. The molecule has 0 aliphatic heterocycles. The van der Waals surface area contributed by atoms with Gasteiger partial charge in [-0.2, -0.15) is 13.4 Å². The van der Waals surface area contributed by atoms with Crippen molar-refractivity contribution >= 4 is 59.8 Å². The highest BCUT2D eigenvalue weighted by Gasteiger charge is 2.16. The highest BCUT2D eigenvalue weighted by Crippen LogP contribution is 2.26. The number of anilines is 4. The molecular formula is C24H22BrN5O2S2. The van der Waals surface area contributed by atoms with Crippen LogP contribution in [0.2, 0.25) is 0 Å². The van der Waals surface area contributed by atoms with E-state index < -0.39 is 20.7 Å². The van der Waals surface area contributed by atoms with Crippen LogP contribution in [0.5, 0.6) is 0 Å². The number of sulfonamides is 1. The first-order valence-electron chi connectivity index (χ1n) is 10.2. The van der Waals surface area contributed by atoms with Crippen molar-refractivity contribution in [2.75, 3.05) is 16.9 Å². The third-order valence-corrected chi connectivity index (χ3v) is 9.04. The van der Waals surface area contributed by atoms with E-state index in [-0.39, 0.29) is 4.90 Å². The van der Waals surface area contributed by atoms with Gasteiger partial charge < -0.3 is 10.6 Å². The van der Waals surface area contributed by atoms with Crippen LogP contribution in [0.4, 0.5) is 23.1 Å². The number of nitrogens with zero attached hydrogens (tertiary/aromatic N) is 3. The summed E-state index contributed by atoms with van der Waals surface area (Å²) in [5.41, 5.74) is 2.37. The van der Waals surface area contributed by atoms with Crippen LogP contribution in [0, 0.1) is 6.92 Å². The zero-order chi connectivity index (χ0) is 24.1. The smallest absolute Gasteiger partial charge is 0.288 e. The first kappa shape index (κ1) is 24.1. The fourth-order valence-corrected chi connectivity index (χ4v) is 6.50. The molecule has 1 atom stereocenters. The Hall–Kier alpha value is -3.08. The van der Waals surface area contributed by atoms with Crippen molar-refractivity contribution < 1.29 is 8.42 Å². The number of aryl methyl sites for hydroxylation is 1. The molecule has 0 fully saturated rings. The number of rotatable bonds is 7. The lowest BCUT2D eigenvalue weighted by Gasteiger charge is -2.11. The molecule has 0 bridgehead atoms. The van der Waals surface area contributed by atoms with Crippen LogP contribution in [0.25, 0.3) is 0 Å². The van der Waals surface area contributed by atoms with Crippen LogP contribution in [-0.4, -0.2) is 24.6 Å². The van der Waals surface area contributed by atoms with E-state index in [4.69, 9.17) is 0 Å². The van der Waals surface area contributed by atoms with Gasteiger partial charge in [-0.25, -0.2) is 4.98 Å². The van der Waals surface area contributed by atoms with E-state index in [1.54, 1.807) is 37.6 Å². The van der Waals surface area contributed by atoms with Gasteiger partial charge in [-0.05, 0) is 77.1 Å². The van der Waals surface area contributed by atoms with E-state index in [1.165, 1.54) is 0 Å². The van der Waals surface area contributed by atoms with Crippen LogP contribution in [-0.2, 0) is 20.7 Å². The molecule has 7 nitrogen and oxygen atoms in total. The number of aromatic nitrogens is 2. The molecule has 174 valence electrons. The Morgan fingerprint density at radius 2 is 1.53 bits per heavy atom. The van der Waals surface area contributed by atoms with Crippen molar-refractivity contribution in [2.45, 2.75) is 16.7 Å². The zero-order valence-electron chi connectivity index (χ0n) is 18.4. The summed E-state index contributed by atoms with van der Waals surface area (Å²) in [5, 5.41) is 6.43. The summed E-state index contributed by atoms with van der Waals surface area (Å²) < 4.78 is 30.3. The Morgan fingerprint density at radius 3 is 2.24 bits per heavy atom. The first-order chi connectivity index (χ1) is 16.3. The van der Waals surface area contributed by atoms with Crippen molar-refractivity contribution in [3.63, 3.8) is 0 Å². The summed E-state index contributed by atoms with van der Waals surface area (Å²) >= 11 is 3.47. The Kier molecular flexibility index (Phi) is 7.40. The molecule has 0 saturated heterocycles. The SMILES string of the molecule is Cc1ccccc1S(=O)(=O)N=S(C)c1ccc(Nc2ncc(Br)c(Nc3ccccc3)n2)cc1. The molecule has 0 saturated carbocycles. The second-order valence-electron chi connectivity index (χ2n) is 7.32. The quantitative estimate of drug-likeness (QED) is 0.281. The number of benzene rings is 3. The van der Waals surface area contributed by atoms with E-state index in [0.717, 1.165) is 20.7 Å². The van der Waals surface area contributed by atoms with Gasteiger partial charge in [0, 0.05) is 22.5 Å². The van der Waals surface area contributed by atoms with Crippen molar-refractivity contribution in [1.82, 2.24) is 9.97 Å². The topological polar surface area (TPSA) is 96.3 Å². The summed E-state index contributed by atoms with van der Waals surface area (Å²) in [5.74, 6) is 1.06. The maximum atomic E-state index is 12.7. The van der Waals surface area contributed by atoms with Crippen LogP contribution >= 0.6 is 15.9 Å². The lowest BCUT2D eigenvalue weighted by Crippen LogP contribution is -2.03. The van der Waals surface area contributed by atoms with Gasteiger partial charge in [0.1, 0.15) is 5.82 Å². The van der Waals surface area contributed by atoms with Gasteiger partial charge in [0.15, 0.2) is 0 Å². The molecule has 1 heterocycles. The minimum atomic E-state index is -3.74. The Balaban J connectivity index is 1.50. The highest BCUT2D eigenvalue weighted by atomic mass is 79.9. The van der Waals surface area contributed by atoms with Crippen molar-refractivity contribution in [3.8, 4) is 0 Å². The molecule has 4 rings (SSSR count). The van der Waals surface area contributed by atoms with E-state index in [9.17, 15) is 8.42 Å². The minimum Gasteiger partial charge on any atom is -0.339 e. The van der Waals surface area contributed by atoms with Gasteiger partial charge >= 0.3 is 0 Å². The molecule has 0 aliphatic rings. The molecule has 10 heteroatoms. The largest absolute Gasteiger partial charge is 0.339 e. The first-order valence-corrected chi connectivity index (χ1v) is 14.1. The zero-order valence-corrected chi connectivity index (χ0v) is 21.7. The second kappa shape index (κ2) is 10.5. The molecule has 2 N–H and O–H groups in total. The standard InChI is InChI=1S/C24H22BrN5O2S2/c1-17-8-6-7-11-22(17)34(31,32)30-33(2)20-14-12-19(13-15-20)28-24-26-16-21(25)23(29-24)27-18-9-4-3-5-10-18/h3-16H,1-2H3,(H2,26,27,28,29). The summed E-state index contributed by atoms with van der Waals surface area (Å²) in [6.45, 7) is 1.77. The monoisotopic (exact) mass is 555 g/mol. The van der Waals surface area contributed by atoms with Crippen molar-refractivity contribution in [3.05, 3.63) is 95.1 Å². The average Bonchev–Trinajstić information content (AvgIpc) is 2.82. The van der Waals surface area contributed by atoms with Gasteiger partial charge in [-0.1, -0.05) is 47.1 Å². The predicted molar refractivity (Wildman–Crippen MR) is 142 cm³/mol. The summed E-state index contributed by atoms with van der Waals surface area (Å²) in [6.07, 6.45) is 3.46. The summed E-state index contributed by atoms with van der Waals surface area (Å²) in [6, 6.07) is 24.0. The number of hydrogen-bond donors (Lipinski definition) is 2. The minimum absolute atomic E-state index is 0.236. The van der Waals surface area contributed by atoms with Gasteiger partial charge in [0.05, 0.1) is 9.37 Å². The Labute approximate surface area is 210 Å². The number of nitrogens with one attached hydrogen (secondary N) is 2. The van der Waals surface area contributed by atoms with Gasteiger partial charge in [-0.3, -0.25) is 0 Å². The van der Waals surface area contributed by atoms with E-state index in [1.807, 2.05) is 60.7 Å². The predicted octanol–water partition coefficient (Wildman–Crippen LogP) is 6.21. The Morgan fingerprint density at radius 1 is 0.882 bits per heavy atom. The number of hydrogen-bond acceptors (Lipinski definition) is 6. The molecular weight excluding hydrogens is 534 g/mol. The van der Waals surface area contributed by atoms with Gasteiger partial charge in [0.2, 0.25) is 5.95 Å². The summed E-state index contributed by atoms with van der Waals surface area (Å²) in [7, 11) is -4.58. The van der Waals surface area contributed by atoms with E-state index >= 15 is 0 Å². The van der Waals surface area contributed by atoms with Crippen molar-refractivity contribution in [1.29, 1.82) is 0 Å².